The quantitative estimate of drug-likeness (QED) is 0.167. The van der Waals surface area contributed by atoms with Crippen LogP contribution in [-0.4, -0.2) is 24.1 Å². The number of para-hydroxylation sites is 3. The van der Waals surface area contributed by atoms with Gasteiger partial charge in [0, 0.05) is 55.0 Å². The van der Waals surface area contributed by atoms with Gasteiger partial charge in [-0.2, -0.15) is 0 Å². The van der Waals surface area contributed by atoms with Gasteiger partial charge in [0.2, 0.25) is 0 Å². The summed E-state index contributed by atoms with van der Waals surface area (Å²) in [7, 11) is 0. The van der Waals surface area contributed by atoms with Crippen molar-refractivity contribution in [3.63, 3.8) is 0 Å². The Morgan fingerprint density at radius 2 is 0.764 bits per heavy atom. The van der Waals surface area contributed by atoms with Crippen LogP contribution in [0.3, 0.4) is 0 Å². The van der Waals surface area contributed by atoms with E-state index >= 15 is 0 Å². The predicted octanol–water partition coefficient (Wildman–Crippen LogP) is 17.2. The fraction of sp³-hybridized carbons (Fsp3) is 0. The van der Waals surface area contributed by atoms with Gasteiger partial charge in [0.1, 0.15) is 0 Å². The maximum Gasteiger partial charge on any atom is 0.164 e. The fourth-order valence-corrected chi connectivity index (χ4v) is 11.4. The number of hydrogen-bond acceptors (Lipinski definition) is 3. The van der Waals surface area contributed by atoms with E-state index in [1.54, 1.807) is 0 Å². The van der Waals surface area contributed by atoms with Crippen molar-refractivity contribution in [1.29, 1.82) is 0 Å². The summed E-state index contributed by atoms with van der Waals surface area (Å²) in [5.74, 6) is 1.83. The standard InChI is InChI=1S/C67H41N5/c1-3-17-42(18-4-1)44-31-35-46(36-32-44)65-68-66(47-37-33-45(34-38-47)43-19-5-2-6-20-43)70-67(69-65)57-40-49(39-48-21-7-8-22-50(48)57)71-60-30-16-13-27-55(60)62-61(71)41-56-53-25-12-15-29-59(53)72-58-28-14-11-24-52(58)51-23-9-10-26-54(51)63(62)64(56)72/h1-41H. The van der Waals surface area contributed by atoms with E-state index in [-0.39, 0.29) is 0 Å². The molecule has 334 valence electrons. The van der Waals surface area contributed by atoms with Gasteiger partial charge >= 0.3 is 0 Å². The molecule has 11 aromatic carbocycles. The minimum atomic E-state index is 0.608. The Balaban J connectivity index is 0.996. The third-order valence-corrected chi connectivity index (χ3v) is 14.7. The number of rotatable bonds is 6. The van der Waals surface area contributed by atoms with E-state index in [1.807, 2.05) is 12.1 Å². The summed E-state index contributed by atoms with van der Waals surface area (Å²) < 4.78 is 4.98. The zero-order valence-electron chi connectivity index (χ0n) is 38.9. The lowest BCUT2D eigenvalue weighted by Crippen LogP contribution is -2.02. The molecule has 0 saturated carbocycles. The van der Waals surface area contributed by atoms with Gasteiger partial charge in [0.05, 0.1) is 27.8 Å². The molecule has 0 amide bonds. The Hall–Kier alpha value is -9.71. The molecule has 5 nitrogen and oxygen atoms in total. The monoisotopic (exact) mass is 915 g/mol. The molecule has 0 bridgehead atoms. The van der Waals surface area contributed by atoms with Crippen LogP contribution >= 0.6 is 0 Å². The van der Waals surface area contributed by atoms with Crippen LogP contribution in [0.25, 0.3) is 144 Å². The van der Waals surface area contributed by atoms with Crippen molar-refractivity contribution in [2.75, 3.05) is 0 Å². The minimum Gasteiger partial charge on any atom is -0.309 e. The van der Waals surface area contributed by atoms with Crippen molar-refractivity contribution in [3.8, 4) is 90.0 Å². The van der Waals surface area contributed by atoms with Crippen LogP contribution in [0, 0.1) is 0 Å². The summed E-state index contributed by atoms with van der Waals surface area (Å²) in [4.78, 5) is 16.0. The summed E-state index contributed by atoms with van der Waals surface area (Å²) in [6.45, 7) is 0. The first kappa shape index (κ1) is 40.2. The molecule has 0 fully saturated rings. The molecule has 0 saturated heterocycles. The van der Waals surface area contributed by atoms with E-state index in [4.69, 9.17) is 15.0 Å². The smallest absolute Gasteiger partial charge is 0.164 e. The number of hydrogen-bond donors (Lipinski definition) is 0. The number of nitrogens with zero attached hydrogens (tertiary/aromatic N) is 5. The van der Waals surface area contributed by atoms with Crippen LogP contribution in [0.2, 0.25) is 0 Å². The molecule has 1 aliphatic heterocycles. The first-order valence-corrected chi connectivity index (χ1v) is 24.5. The van der Waals surface area contributed by atoms with Crippen LogP contribution in [0.5, 0.6) is 0 Å². The topological polar surface area (TPSA) is 48.5 Å². The van der Waals surface area contributed by atoms with Gasteiger partial charge in [-0.3, -0.25) is 0 Å². The Bertz CT molecular complexity index is 4370. The molecule has 72 heavy (non-hydrogen) atoms. The average molecular weight is 916 g/mol. The first-order valence-electron chi connectivity index (χ1n) is 24.5. The minimum absolute atomic E-state index is 0.608. The molecule has 4 heterocycles. The third-order valence-electron chi connectivity index (χ3n) is 14.7. The highest BCUT2D eigenvalue weighted by molar-refractivity contribution is 6.28. The van der Waals surface area contributed by atoms with Gasteiger partial charge in [-0.15, -0.1) is 0 Å². The van der Waals surface area contributed by atoms with Gasteiger partial charge in [0.15, 0.2) is 17.5 Å². The molecule has 0 atom stereocenters. The molecule has 15 rings (SSSR count). The highest BCUT2D eigenvalue weighted by Crippen LogP contribution is 2.52. The number of fused-ring (bicyclic) bond motifs is 13. The second kappa shape index (κ2) is 15.9. The van der Waals surface area contributed by atoms with Crippen molar-refractivity contribution >= 4 is 54.4 Å². The zero-order chi connectivity index (χ0) is 47.3. The van der Waals surface area contributed by atoms with Crippen LogP contribution in [0.1, 0.15) is 0 Å². The molecular formula is C67H41N5. The summed E-state index contributed by atoms with van der Waals surface area (Å²) in [5, 5.41) is 7.01. The second-order valence-corrected chi connectivity index (χ2v) is 18.7. The van der Waals surface area contributed by atoms with E-state index in [2.05, 4.69) is 246 Å². The first-order chi connectivity index (χ1) is 35.7. The van der Waals surface area contributed by atoms with E-state index in [0.717, 1.165) is 66.4 Å². The summed E-state index contributed by atoms with van der Waals surface area (Å²) >= 11 is 0. The lowest BCUT2D eigenvalue weighted by atomic mass is 9.91. The predicted molar refractivity (Wildman–Crippen MR) is 298 cm³/mol. The Morgan fingerprint density at radius 3 is 1.43 bits per heavy atom. The molecule has 5 heteroatoms. The maximum absolute atomic E-state index is 5.40. The summed E-state index contributed by atoms with van der Waals surface area (Å²) in [6, 6.07) is 89.3. The molecule has 0 spiro atoms. The van der Waals surface area contributed by atoms with Crippen LogP contribution in [0.4, 0.5) is 0 Å². The van der Waals surface area contributed by atoms with Crippen molar-refractivity contribution in [2.24, 2.45) is 0 Å². The summed E-state index contributed by atoms with van der Waals surface area (Å²) in [6.07, 6.45) is 0. The van der Waals surface area contributed by atoms with Gasteiger partial charge in [0.25, 0.3) is 0 Å². The summed E-state index contributed by atoms with van der Waals surface area (Å²) in [5.41, 5.74) is 19.2. The van der Waals surface area contributed by atoms with Crippen molar-refractivity contribution in [3.05, 3.63) is 249 Å². The highest BCUT2D eigenvalue weighted by Gasteiger charge is 2.29. The van der Waals surface area contributed by atoms with Crippen molar-refractivity contribution in [1.82, 2.24) is 24.1 Å². The van der Waals surface area contributed by atoms with E-state index in [1.165, 1.54) is 60.5 Å². The molecule has 0 unspecified atom stereocenters. The molecule has 3 aromatic heterocycles. The lowest BCUT2D eigenvalue weighted by molar-refractivity contribution is 1.07. The molecule has 0 N–H and O–H groups in total. The molecule has 0 radical (unpaired) electrons. The third kappa shape index (κ3) is 6.17. The van der Waals surface area contributed by atoms with Crippen molar-refractivity contribution in [2.45, 2.75) is 0 Å². The second-order valence-electron chi connectivity index (χ2n) is 18.7. The lowest BCUT2D eigenvalue weighted by Gasteiger charge is -2.15. The van der Waals surface area contributed by atoms with Crippen LogP contribution in [0.15, 0.2) is 249 Å². The average Bonchev–Trinajstić information content (AvgIpc) is 3.93. The van der Waals surface area contributed by atoms with Crippen LogP contribution in [-0.2, 0) is 0 Å². The van der Waals surface area contributed by atoms with Gasteiger partial charge < -0.3 is 9.13 Å². The molecule has 14 aromatic rings. The fourth-order valence-electron chi connectivity index (χ4n) is 11.4. The van der Waals surface area contributed by atoms with Gasteiger partial charge in [-0.25, -0.2) is 15.0 Å². The normalized spacial score (nSPS) is 11.9. The number of aromatic nitrogens is 5. The van der Waals surface area contributed by atoms with E-state index in [0.29, 0.717) is 17.5 Å². The van der Waals surface area contributed by atoms with Gasteiger partial charge in [-0.1, -0.05) is 212 Å². The Kier molecular flexibility index (Phi) is 8.89. The van der Waals surface area contributed by atoms with Crippen molar-refractivity contribution < 1.29 is 0 Å². The van der Waals surface area contributed by atoms with E-state index in [9.17, 15) is 0 Å². The SMILES string of the molecule is c1ccc(-c2ccc(-c3nc(-c4ccc(-c5ccccc5)cc4)nc(-c4cc(-n5c6ccccc6c6c7c8c(cc65)c5ccccc5n8-c5ccccc5-c5ccccc5-7)cc5ccccc45)n3)cc2)cc1. The Labute approximate surface area is 415 Å². The number of benzene rings is 11. The van der Waals surface area contributed by atoms with E-state index < -0.39 is 0 Å². The highest BCUT2D eigenvalue weighted by atomic mass is 15.0. The van der Waals surface area contributed by atoms with Crippen LogP contribution < -0.4 is 0 Å². The van der Waals surface area contributed by atoms with Gasteiger partial charge in [-0.05, 0) is 80.6 Å². The molecule has 1 aliphatic rings. The molecule has 0 aliphatic carbocycles. The molecular weight excluding hydrogens is 875 g/mol. The Morgan fingerprint density at radius 1 is 0.278 bits per heavy atom. The largest absolute Gasteiger partial charge is 0.309 e. The maximum atomic E-state index is 5.40. The zero-order valence-corrected chi connectivity index (χ0v) is 38.9.